The first kappa shape index (κ1) is 10.6. The van der Waals surface area contributed by atoms with Gasteiger partial charge < -0.3 is 4.74 Å². The van der Waals surface area contributed by atoms with Crippen LogP contribution in [0.2, 0.25) is 0 Å². The summed E-state index contributed by atoms with van der Waals surface area (Å²) in [6.45, 7) is 4.88. The van der Waals surface area contributed by atoms with Gasteiger partial charge in [0.15, 0.2) is 5.90 Å². The number of hydrogen-bond acceptors (Lipinski definition) is 2. The van der Waals surface area contributed by atoms with Crippen LogP contribution < -0.4 is 0 Å². The van der Waals surface area contributed by atoms with Gasteiger partial charge >= 0.3 is 0 Å². The van der Waals surface area contributed by atoms with Crippen molar-refractivity contribution in [3.8, 4) is 0 Å². The van der Waals surface area contributed by atoms with E-state index in [0.29, 0.717) is 16.7 Å². The molecule has 4 aliphatic rings. The molecule has 2 unspecified atom stereocenters. The fraction of sp³-hybridized carbons (Fsp3) is 0.929. The molecule has 2 heteroatoms. The molecular formula is C14H23NO. The highest BCUT2D eigenvalue weighted by atomic mass is 16.5. The van der Waals surface area contributed by atoms with E-state index in [1.165, 1.54) is 38.5 Å². The first-order chi connectivity index (χ1) is 7.39. The molecule has 4 saturated carbocycles. The Morgan fingerprint density at radius 2 is 1.62 bits per heavy atom. The van der Waals surface area contributed by atoms with Crippen molar-refractivity contribution in [1.29, 1.82) is 5.41 Å². The monoisotopic (exact) mass is 221 g/mol. The Balaban J connectivity index is 2.01. The zero-order chi connectivity index (χ0) is 11.6. The van der Waals surface area contributed by atoms with Crippen molar-refractivity contribution >= 4 is 5.90 Å². The fourth-order valence-electron chi connectivity index (χ4n) is 5.92. The molecule has 0 aromatic heterocycles. The van der Waals surface area contributed by atoms with Crippen LogP contribution in [0, 0.1) is 27.6 Å². The molecular weight excluding hydrogens is 198 g/mol. The molecule has 2 nitrogen and oxygen atoms in total. The molecule has 0 aromatic rings. The van der Waals surface area contributed by atoms with E-state index in [1.807, 2.05) is 0 Å². The fourth-order valence-corrected chi connectivity index (χ4v) is 5.92. The SMILES string of the molecule is COC(=N)C12CC3CC(C)(CC(C)(C3)C1)C2. The molecule has 0 aromatic carbocycles. The second-order valence-corrected chi connectivity index (χ2v) is 7.44. The van der Waals surface area contributed by atoms with Gasteiger partial charge in [-0.05, 0) is 55.3 Å². The molecule has 0 radical (unpaired) electrons. The standard InChI is InChI=1S/C14H23NO/c1-12-4-10-5-13(2,7-12)9-14(6-10,8-12)11(15)16-3/h10,15H,4-9H2,1-3H3. The Bertz CT molecular complexity index is 331. The van der Waals surface area contributed by atoms with Crippen molar-refractivity contribution in [2.24, 2.45) is 22.2 Å². The largest absolute Gasteiger partial charge is 0.484 e. The average Bonchev–Trinajstić information content (AvgIpc) is 2.10. The Morgan fingerprint density at radius 3 is 2.06 bits per heavy atom. The second-order valence-electron chi connectivity index (χ2n) is 7.44. The van der Waals surface area contributed by atoms with Crippen LogP contribution in [0.4, 0.5) is 0 Å². The normalized spacial score (nSPS) is 54.1. The van der Waals surface area contributed by atoms with Gasteiger partial charge in [0.1, 0.15) is 0 Å². The topological polar surface area (TPSA) is 33.1 Å². The number of ether oxygens (including phenoxy) is 1. The molecule has 0 saturated heterocycles. The van der Waals surface area contributed by atoms with E-state index in [1.54, 1.807) is 7.11 Å². The first-order valence-corrected chi connectivity index (χ1v) is 6.52. The first-order valence-electron chi connectivity index (χ1n) is 6.52. The predicted molar refractivity (Wildman–Crippen MR) is 64.6 cm³/mol. The van der Waals surface area contributed by atoms with Crippen LogP contribution in [-0.4, -0.2) is 13.0 Å². The van der Waals surface area contributed by atoms with Gasteiger partial charge in [-0.15, -0.1) is 0 Å². The van der Waals surface area contributed by atoms with Gasteiger partial charge in [-0.3, -0.25) is 5.41 Å². The molecule has 2 atom stereocenters. The summed E-state index contributed by atoms with van der Waals surface area (Å²) in [5.74, 6) is 1.41. The maximum absolute atomic E-state index is 8.17. The van der Waals surface area contributed by atoms with Crippen molar-refractivity contribution < 1.29 is 4.74 Å². The minimum atomic E-state index is 0.0949. The van der Waals surface area contributed by atoms with Crippen molar-refractivity contribution in [1.82, 2.24) is 0 Å². The van der Waals surface area contributed by atoms with Crippen molar-refractivity contribution in [2.75, 3.05) is 7.11 Å². The van der Waals surface area contributed by atoms with E-state index in [4.69, 9.17) is 10.1 Å². The molecule has 4 aliphatic carbocycles. The minimum Gasteiger partial charge on any atom is -0.484 e. The molecule has 1 N–H and O–H groups in total. The van der Waals surface area contributed by atoms with Gasteiger partial charge in [0.25, 0.3) is 0 Å². The third-order valence-electron chi connectivity index (χ3n) is 5.31. The molecule has 16 heavy (non-hydrogen) atoms. The van der Waals surface area contributed by atoms with E-state index < -0.39 is 0 Å². The molecule has 0 spiro atoms. The van der Waals surface area contributed by atoms with E-state index in [9.17, 15) is 0 Å². The van der Waals surface area contributed by atoms with E-state index in [2.05, 4.69) is 13.8 Å². The number of rotatable bonds is 1. The lowest BCUT2D eigenvalue weighted by molar-refractivity contribution is -0.122. The highest BCUT2D eigenvalue weighted by Crippen LogP contribution is 2.69. The van der Waals surface area contributed by atoms with Crippen molar-refractivity contribution in [3.05, 3.63) is 0 Å². The maximum atomic E-state index is 8.17. The lowest BCUT2D eigenvalue weighted by Crippen LogP contribution is -2.57. The number of nitrogens with one attached hydrogen (secondary N) is 1. The van der Waals surface area contributed by atoms with Gasteiger partial charge in [0.2, 0.25) is 0 Å². The maximum Gasteiger partial charge on any atom is 0.186 e. The molecule has 0 aliphatic heterocycles. The zero-order valence-electron chi connectivity index (χ0n) is 10.7. The summed E-state index contributed by atoms with van der Waals surface area (Å²) in [5.41, 5.74) is 1.07. The summed E-state index contributed by atoms with van der Waals surface area (Å²) in [6, 6.07) is 0. The Morgan fingerprint density at radius 1 is 1.06 bits per heavy atom. The zero-order valence-corrected chi connectivity index (χ0v) is 10.7. The number of hydrogen-bond donors (Lipinski definition) is 1. The number of methoxy groups -OCH3 is 1. The highest BCUT2D eigenvalue weighted by molar-refractivity contribution is 5.80. The van der Waals surface area contributed by atoms with E-state index >= 15 is 0 Å². The van der Waals surface area contributed by atoms with Crippen LogP contribution in [-0.2, 0) is 4.74 Å². The molecule has 0 amide bonds. The second kappa shape index (κ2) is 2.83. The third-order valence-corrected chi connectivity index (χ3v) is 5.31. The van der Waals surface area contributed by atoms with Gasteiger partial charge in [-0.1, -0.05) is 13.8 Å². The lowest BCUT2D eigenvalue weighted by atomic mass is 9.40. The average molecular weight is 221 g/mol. The molecule has 0 heterocycles. The van der Waals surface area contributed by atoms with Crippen LogP contribution in [0.25, 0.3) is 0 Å². The Labute approximate surface area is 98.3 Å². The smallest absolute Gasteiger partial charge is 0.186 e. The van der Waals surface area contributed by atoms with E-state index in [-0.39, 0.29) is 5.41 Å². The summed E-state index contributed by atoms with van der Waals surface area (Å²) in [5, 5.41) is 8.17. The molecule has 4 bridgehead atoms. The van der Waals surface area contributed by atoms with Crippen molar-refractivity contribution in [2.45, 2.75) is 52.4 Å². The van der Waals surface area contributed by atoms with Crippen LogP contribution in [0.15, 0.2) is 0 Å². The summed E-state index contributed by atoms with van der Waals surface area (Å²) < 4.78 is 5.31. The summed E-state index contributed by atoms with van der Waals surface area (Å²) >= 11 is 0. The third kappa shape index (κ3) is 1.28. The van der Waals surface area contributed by atoms with Gasteiger partial charge in [-0.2, -0.15) is 0 Å². The van der Waals surface area contributed by atoms with Crippen LogP contribution in [0.5, 0.6) is 0 Å². The van der Waals surface area contributed by atoms with E-state index in [0.717, 1.165) is 5.92 Å². The minimum absolute atomic E-state index is 0.0949. The summed E-state index contributed by atoms with van der Waals surface area (Å²) in [6.07, 6.45) is 7.75. The predicted octanol–water partition coefficient (Wildman–Crippen LogP) is 3.61. The molecule has 4 rings (SSSR count). The highest BCUT2D eigenvalue weighted by Gasteiger charge is 2.62. The lowest BCUT2D eigenvalue weighted by Gasteiger charge is -2.64. The molecule has 4 fully saturated rings. The quantitative estimate of drug-likeness (QED) is 0.532. The van der Waals surface area contributed by atoms with Gasteiger partial charge in [0, 0.05) is 5.41 Å². The van der Waals surface area contributed by atoms with Crippen LogP contribution >= 0.6 is 0 Å². The molecule has 90 valence electrons. The summed E-state index contributed by atoms with van der Waals surface area (Å²) in [4.78, 5) is 0. The Hall–Kier alpha value is -0.530. The van der Waals surface area contributed by atoms with Crippen LogP contribution in [0.1, 0.15) is 52.4 Å². The summed E-state index contributed by atoms with van der Waals surface area (Å²) in [7, 11) is 1.67. The Kier molecular flexibility index (Phi) is 1.88. The van der Waals surface area contributed by atoms with Crippen LogP contribution in [0.3, 0.4) is 0 Å². The van der Waals surface area contributed by atoms with Gasteiger partial charge in [0.05, 0.1) is 7.11 Å². The van der Waals surface area contributed by atoms with Crippen molar-refractivity contribution in [3.63, 3.8) is 0 Å². The van der Waals surface area contributed by atoms with Gasteiger partial charge in [-0.25, -0.2) is 0 Å².